The largest absolute Gasteiger partial charge is 0.352 e. The first kappa shape index (κ1) is 19.7. The van der Waals surface area contributed by atoms with Gasteiger partial charge < -0.3 is 5.32 Å². The summed E-state index contributed by atoms with van der Waals surface area (Å²) < 4.78 is 15.3. The number of allylic oxidation sites excluding steroid dienone is 1. The zero-order valence-corrected chi connectivity index (χ0v) is 17.6. The maximum absolute atomic E-state index is 13.3. The van der Waals surface area contributed by atoms with Crippen LogP contribution in [0.2, 0.25) is 0 Å². The molecule has 0 aliphatic heterocycles. The van der Waals surface area contributed by atoms with Gasteiger partial charge in [0.15, 0.2) is 0 Å². The summed E-state index contributed by atoms with van der Waals surface area (Å²) in [6.07, 6.45) is 8.40. The maximum atomic E-state index is 13.3. The highest BCUT2D eigenvalue weighted by molar-refractivity contribution is 5.94. The number of hydrogen-bond acceptors (Lipinski definition) is 2. The summed E-state index contributed by atoms with van der Waals surface area (Å²) in [4.78, 5) is 12.6. The molecule has 2 aliphatic carbocycles. The molecule has 5 heteroatoms. The smallest absolute Gasteiger partial charge is 0.251 e. The van der Waals surface area contributed by atoms with Crippen LogP contribution in [0.5, 0.6) is 0 Å². The SMILES string of the molecule is C[C@]12Cc3cnn(-c4ccc(F)cc4)c3C=C1CCC[C@@H]2CNC(=O)c1ccccc1. The molecule has 1 saturated carbocycles. The Morgan fingerprint density at radius 2 is 1.97 bits per heavy atom. The lowest BCUT2D eigenvalue weighted by molar-refractivity contribution is 0.0921. The molecule has 0 bridgehead atoms. The van der Waals surface area contributed by atoms with Crippen molar-refractivity contribution in [3.8, 4) is 5.69 Å². The van der Waals surface area contributed by atoms with Gasteiger partial charge in [-0.1, -0.05) is 30.7 Å². The van der Waals surface area contributed by atoms with Gasteiger partial charge in [-0.3, -0.25) is 4.79 Å². The van der Waals surface area contributed by atoms with E-state index in [0.29, 0.717) is 18.0 Å². The fourth-order valence-corrected chi connectivity index (χ4v) is 5.17. The van der Waals surface area contributed by atoms with Gasteiger partial charge in [0.05, 0.1) is 17.6 Å². The summed E-state index contributed by atoms with van der Waals surface area (Å²) in [6.45, 7) is 3.00. The number of halogens is 1. The Bertz CT molecular complexity index is 1130. The van der Waals surface area contributed by atoms with Gasteiger partial charge >= 0.3 is 0 Å². The third-order valence-electron chi connectivity index (χ3n) is 7.00. The summed E-state index contributed by atoms with van der Waals surface area (Å²) in [5.41, 5.74) is 5.29. The molecule has 1 fully saturated rings. The number of carbonyl (C=O) groups is 1. The Morgan fingerprint density at radius 3 is 2.74 bits per heavy atom. The van der Waals surface area contributed by atoms with Crippen molar-refractivity contribution in [1.82, 2.24) is 15.1 Å². The molecule has 1 aromatic heterocycles. The van der Waals surface area contributed by atoms with E-state index >= 15 is 0 Å². The summed E-state index contributed by atoms with van der Waals surface area (Å²) in [7, 11) is 0. The van der Waals surface area contributed by atoms with E-state index in [9.17, 15) is 9.18 Å². The number of carbonyl (C=O) groups excluding carboxylic acids is 1. The molecule has 2 aromatic carbocycles. The standard InChI is InChI=1S/C26H26FN3O/c1-26-15-19-16-29-30(23-12-10-22(27)11-13-23)24(19)14-20(26)8-5-9-21(26)17-28-25(31)18-6-3-2-4-7-18/h2-4,6-7,10-14,16,21H,5,8-9,15,17H2,1H3,(H,28,31)/t21-,26+/m1/s1. The van der Waals surface area contributed by atoms with Crippen molar-refractivity contribution in [2.45, 2.75) is 32.6 Å². The molecule has 1 amide bonds. The highest BCUT2D eigenvalue weighted by Crippen LogP contribution is 2.50. The Labute approximate surface area is 181 Å². The number of aromatic nitrogens is 2. The van der Waals surface area contributed by atoms with Crippen LogP contribution in [0.25, 0.3) is 11.8 Å². The molecular formula is C26H26FN3O. The highest BCUT2D eigenvalue weighted by atomic mass is 19.1. The lowest BCUT2D eigenvalue weighted by atomic mass is 9.60. The first-order valence-electron chi connectivity index (χ1n) is 10.9. The number of amides is 1. The normalized spacial score (nSPS) is 22.3. The van der Waals surface area contributed by atoms with Crippen molar-refractivity contribution in [1.29, 1.82) is 0 Å². The molecular weight excluding hydrogens is 389 g/mol. The topological polar surface area (TPSA) is 46.9 Å². The summed E-state index contributed by atoms with van der Waals surface area (Å²) in [5, 5.41) is 7.77. The Kier molecular flexibility index (Phi) is 4.97. The van der Waals surface area contributed by atoms with Gasteiger partial charge in [-0.05, 0) is 85.1 Å². The predicted molar refractivity (Wildman–Crippen MR) is 119 cm³/mol. The molecule has 31 heavy (non-hydrogen) atoms. The van der Waals surface area contributed by atoms with Crippen LogP contribution in [0.15, 0.2) is 66.4 Å². The number of rotatable bonds is 4. The van der Waals surface area contributed by atoms with Crippen molar-refractivity contribution in [3.05, 3.63) is 89.0 Å². The minimum atomic E-state index is -0.247. The van der Waals surface area contributed by atoms with Crippen LogP contribution < -0.4 is 5.32 Å². The van der Waals surface area contributed by atoms with Gasteiger partial charge in [0.2, 0.25) is 0 Å². The fourth-order valence-electron chi connectivity index (χ4n) is 5.17. The summed E-state index contributed by atoms with van der Waals surface area (Å²) in [6, 6.07) is 15.8. The third kappa shape index (κ3) is 3.58. The van der Waals surface area contributed by atoms with Crippen LogP contribution in [-0.4, -0.2) is 22.2 Å². The maximum Gasteiger partial charge on any atom is 0.251 e. The van der Waals surface area contributed by atoms with E-state index in [2.05, 4.69) is 23.4 Å². The average Bonchev–Trinajstić information content (AvgIpc) is 3.19. The number of nitrogens with one attached hydrogen (secondary N) is 1. The second-order valence-corrected chi connectivity index (χ2v) is 8.87. The summed E-state index contributed by atoms with van der Waals surface area (Å²) >= 11 is 0. The van der Waals surface area contributed by atoms with Crippen molar-refractivity contribution in [2.75, 3.05) is 6.54 Å². The van der Waals surface area contributed by atoms with Crippen molar-refractivity contribution < 1.29 is 9.18 Å². The van der Waals surface area contributed by atoms with Gasteiger partial charge in [0, 0.05) is 12.1 Å². The first-order valence-corrected chi connectivity index (χ1v) is 10.9. The quantitative estimate of drug-likeness (QED) is 0.638. The molecule has 4 nitrogen and oxygen atoms in total. The second kappa shape index (κ2) is 7.80. The predicted octanol–water partition coefficient (Wildman–Crippen LogP) is 5.19. The number of fused-ring (bicyclic) bond motifs is 2. The molecule has 5 rings (SSSR count). The molecule has 1 N–H and O–H groups in total. The molecule has 3 aromatic rings. The van der Waals surface area contributed by atoms with E-state index < -0.39 is 0 Å². The van der Waals surface area contributed by atoms with Gasteiger partial charge in [-0.15, -0.1) is 0 Å². The molecule has 0 unspecified atom stereocenters. The zero-order chi connectivity index (χ0) is 21.4. The molecule has 2 atom stereocenters. The Balaban J connectivity index is 1.39. The van der Waals surface area contributed by atoms with E-state index in [1.807, 2.05) is 41.2 Å². The minimum Gasteiger partial charge on any atom is -0.352 e. The summed E-state index contributed by atoms with van der Waals surface area (Å²) in [5.74, 6) is 0.117. The molecule has 158 valence electrons. The molecule has 1 heterocycles. The van der Waals surface area contributed by atoms with Crippen LogP contribution in [0.4, 0.5) is 4.39 Å². The molecule has 0 spiro atoms. The lowest BCUT2D eigenvalue weighted by Crippen LogP contribution is -2.43. The number of nitrogens with zero attached hydrogens (tertiary/aromatic N) is 2. The van der Waals surface area contributed by atoms with Crippen molar-refractivity contribution in [3.63, 3.8) is 0 Å². The monoisotopic (exact) mass is 415 g/mol. The van der Waals surface area contributed by atoms with Crippen LogP contribution in [-0.2, 0) is 6.42 Å². The van der Waals surface area contributed by atoms with E-state index in [1.165, 1.54) is 23.3 Å². The van der Waals surface area contributed by atoms with Crippen molar-refractivity contribution in [2.24, 2.45) is 11.3 Å². The first-order chi connectivity index (χ1) is 15.0. The lowest BCUT2D eigenvalue weighted by Gasteiger charge is -2.46. The van der Waals surface area contributed by atoms with E-state index in [1.54, 1.807) is 12.1 Å². The van der Waals surface area contributed by atoms with Crippen LogP contribution in [0, 0.1) is 17.2 Å². The second-order valence-electron chi connectivity index (χ2n) is 8.87. The Hall–Kier alpha value is -3.21. The minimum absolute atomic E-state index is 0.00583. The molecule has 2 aliphatic rings. The van der Waals surface area contributed by atoms with Gasteiger partial charge in [-0.2, -0.15) is 5.10 Å². The number of hydrogen-bond donors (Lipinski definition) is 1. The molecule has 0 radical (unpaired) electrons. The van der Waals surface area contributed by atoms with Crippen LogP contribution in [0.3, 0.4) is 0 Å². The average molecular weight is 416 g/mol. The number of benzene rings is 2. The third-order valence-corrected chi connectivity index (χ3v) is 7.00. The van der Waals surface area contributed by atoms with Gasteiger partial charge in [0.25, 0.3) is 5.91 Å². The Morgan fingerprint density at radius 1 is 1.19 bits per heavy atom. The van der Waals surface area contributed by atoms with Crippen LogP contribution in [0.1, 0.15) is 47.8 Å². The van der Waals surface area contributed by atoms with Crippen molar-refractivity contribution >= 4 is 12.0 Å². The van der Waals surface area contributed by atoms with E-state index in [0.717, 1.165) is 37.1 Å². The van der Waals surface area contributed by atoms with E-state index in [4.69, 9.17) is 0 Å². The van der Waals surface area contributed by atoms with Gasteiger partial charge in [-0.25, -0.2) is 9.07 Å². The zero-order valence-electron chi connectivity index (χ0n) is 17.6. The van der Waals surface area contributed by atoms with Crippen LogP contribution >= 0.6 is 0 Å². The molecule has 0 saturated heterocycles. The fraction of sp³-hybridized carbons (Fsp3) is 0.308. The van der Waals surface area contributed by atoms with Gasteiger partial charge in [0.1, 0.15) is 5.82 Å². The van der Waals surface area contributed by atoms with E-state index in [-0.39, 0.29) is 17.1 Å². The highest BCUT2D eigenvalue weighted by Gasteiger charge is 2.43.